The summed E-state index contributed by atoms with van der Waals surface area (Å²) in [6.45, 7) is -0.250. The molecule has 1 unspecified atom stereocenters. The minimum atomic E-state index is -1.80. The van der Waals surface area contributed by atoms with Crippen molar-refractivity contribution in [3.8, 4) is 0 Å². The van der Waals surface area contributed by atoms with Crippen LogP contribution in [0.2, 0.25) is 0 Å². The highest BCUT2D eigenvalue weighted by Crippen LogP contribution is 2.24. The zero-order valence-electron chi connectivity index (χ0n) is 9.51. The van der Waals surface area contributed by atoms with Crippen LogP contribution in [0.3, 0.4) is 0 Å². The summed E-state index contributed by atoms with van der Waals surface area (Å²) >= 11 is 0. The van der Waals surface area contributed by atoms with Gasteiger partial charge in [-0.3, -0.25) is 9.59 Å². The number of hydrogen-bond donors (Lipinski definition) is 0. The largest absolute Gasteiger partial charge is 0.380 e. The lowest BCUT2D eigenvalue weighted by molar-refractivity contribution is -0.128. The smallest absolute Gasteiger partial charge is 0.181 e. The fourth-order valence-corrected chi connectivity index (χ4v) is 1.83. The van der Waals surface area contributed by atoms with Crippen molar-refractivity contribution >= 4 is 11.6 Å². The predicted octanol–water partition coefficient (Wildman–Crippen LogP) is 2.03. The highest BCUT2D eigenvalue weighted by molar-refractivity contribution is 6.11. The van der Waals surface area contributed by atoms with E-state index in [1.807, 2.05) is 0 Å². The highest BCUT2D eigenvalue weighted by atomic mass is 19.2. The number of Topliss-reactive ketones (excluding diaryl/α,β-unsaturated/α-hetero) is 2. The van der Waals surface area contributed by atoms with E-state index in [4.69, 9.17) is 4.74 Å². The fourth-order valence-electron chi connectivity index (χ4n) is 1.83. The first-order valence-corrected chi connectivity index (χ1v) is 5.41. The molecule has 1 aliphatic rings. The standard InChI is InChI=1S/C12H8F4O3/c13-6-3-7(14)11(16)9(10(6)15)12(18)5-4-19-2-1-8(5)17/h3,5H,1-2,4H2. The van der Waals surface area contributed by atoms with Gasteiger partial charge in [0.15, 0.2) is 29.1 Å². The summed E-state index contributed by atoms with van der Waals surface area (Å²) in [6.07, 6.45) is -0.0859. The summed E-state index contributed by atoms with van der Waals surface area (Å²) in [7, 11) is 0. The van der Waals surface area contributed by atoms with E-state index in [-0.39, 0.29) is 25.7 Å². The number of carbonyl (C=O) groups excluding carboxylic acids is 2. The van der Waals surface area contributed by atoms with E-state index in [2.05, 4.69) is 0 Å². The van der Waals surface area contributed by atoms with Crippen molar-refractivity contribution in [1.29, 1.82) is 0 Å². The monoisotopic (exact) mass is 276 g/mol. The van der Waals surface area contributed by atoms with Gasteiger partial charge in [-0.2, -0.15) is 0 Å². The molecule has 1 heterocycles. The van der Waals surface area contributed by atoms with Gasteiger partial charge in [0.05, 0.1) is 18.8 Å². The number of ether oxygens (including phenoxy) is 1. The molecule has 0 saturated carbocycles. The second kappa shape index (κ2) is 5.08. The van der Waals surface area contributed by atoms with Crippen molar-refractivity contribution in [3.63, 3.8) is 0 Å². The Balaban J connectivity index is 2.46. The second-order valence-electron chi connectivity index (χ2n) is 4.05. The average Bonchev–Trinajstić information content (AvgIpc) is 2.37. The summed E-state index contributed by atoms with van der Waals surface area (Å²) in [4.78, 5) is 23.3. The lowest BCUT2D eigenvalue weighted by Crippen LogP contribution is -2.35. The maximum atomic E-state index is 13.4. The van der Waals surface area contributed by atoms with Crippen molar-refractivity contribution in [1.82, 2.24) is 0 Å². The van der Waals surface area contributed by atoms with Crippen molar-refractivity contribution in [3.05, 3.63) is 34.9 Å². The molecule has 0 N–H and O–H groups in total. The molecule has 0 amide bonds. The maximum absolute atomic E-state index is 13.4. The van der Waals surface area contributed by atoms with Gasteiger partial charge in [-0.1, -0.05) is 0 Å². The number of halogens is 4. The van der Waals surface area contributed by atoms with Gasteiger partial charge in [-0.25, -0.2) is 17.6 Å². The minimum Gasteiger partial charge on any atom is -0.380 e. The molecule has 0 bridgehead atoms. The van der Waals surface area contributed by atoms with Crippen LogP contribution in [0.15, 0.2) is 6.07 Å². The first-order chi connectivity index (χ1) is 8.93. The molecule has 1 aliphatic heterocycles. The summed E-state index contributed by atoms with van der Waals surface area (Å²) in [5, 5.41) is 0. The minimum absolute atomic E-state index is 0.000633. The van der Waals surface area contributed by atoms with Gasteiger partial charge in [0, 0.05) is 12.5 Å². The van der Waals surface area contributed by atoms with Crippen LogP contribution >= 0.6 is 0 Å². The van der Waals surface area contributed by atoms with Crippen molar-refractivity contribution in [2.45, 2.75) is 6.42 Å². The maximum Gasteiger partial charge on any atom is 0.181 e. The van der Waals surface area contributed by atoms with Crippen LogP contribution in [0.25, 0.3) is 0 Å². The first kappa shape index (κ1) is 13.7. The molecule has 1 aromatic rings. The van der Waals surface area contributed by atoms with E-state index in [1.54, 1.807) is 0 Å². The van der Waals surface area contributed by atoms with Crippen LogP contribution < -0.4 is 0 Å². The van der Waals surface area contributed by atoms with Gasteiger partial charge in [0.2, 0.25) is 0 Å². The molecular formula is C12H8F4O3. The fraction of sp³-hybridized carbons (Fsp3) is 0.333. The number of carbonyl (C=O) groups is 2. The summed E-state index contributed by atoms with van der Waals surface area (Å²) < 4.78 is 57.7. The van der Waals surface area contributed by atoms with Gasteiger partial charge in [0.25, 0.3) is 0 Å². The van der Waals surface area contributed by atoms with Crippen molar-refractivity contribution in [2.75, 3.05) is 13.2 Å². The molecule has 1 aromatic carbocycles. The lowest BCUT2D eigenvalue weighted by atomic mass is 9.91. The Labute approximate surface area is 105 Å². The summed E-state index contributed by atoms with van der Waals surface area (Å²) in [5.41, 5.74) is -1.37. The third-order valence-corrected chi connectivity index (χ3v) is 2.84. The van der Waals surface area contributed by atoms with Crippen LogP contribution in [0.1, 0.15) is 16.8 Å². The Hall–Kier alpha value is -1.76. The van der Waals surface area contributed by atoms with Gasteiger partial charge < -0.3 is 4.74 Å². The van der Waals surface area contributed by atoms with Crippen LogP contribution in [0.5, 0.6) is 0 Å². The lowest BCUT2D eigenvalue weighted by Gasteiger charge is -2.20. The molecule has 0 spiro atoms. The quantitative estimate of drug-likeness (QED) is 0.359. The molecule has 0 aliphatic carbocycles. The zero-order valence-corrected chi connectivity index (χ0v) is 9.51. The molecular weight excluding hydrogens is 268 g/mol. The normalized spacial score (nSPS) is 19.6. The van der Waals surface area contributed by atoms with E-state index in [9.17, 15) is 27.2 Å². The number of hydrogen-bond acceptors (Lipinski definition) is 3. The van der Waals surface area contributed by atoms with Gasteiger partial charge in [-0.15, -0.1) is 0 Å². The molecule has 2 rings (SSSR count). The van der Waals surface area contributed by atoms with Crippen molar-refractivity contribution in [2.24, 2.45) is 5.92 Å². The van der Waals surface area contributed by atoms with Crippen LogP contribution in [0.4, 0.5) is 17.6 Å². The van der Waals surface area contributed by atoms with Crippen LogP contribution in [0, 0.1) is 29.2 Å². The van der Waals surface area contributed by atoms with E-state index in [0.717, 1.165) is 0 Å². The molecule has 3 nitrogen and oxygen atoms in total. The van der Waals surface area contributed by atoms with E-state index in [0.29, 0.717) is 0 Å². The summed E-state index contributed by atoms with van der Waals surface area (Å²) in [6, 6.07) is 0.000633. The Morgan fingerprint density at radius 3 is 2.26 bits per heavy atom. The third kappa shape index (κ3) is 2.37. The molecule has 7 heteroatoms. The molecule has 1 fully saturated rings. The number of rotatable bonds is 2. The van der Waals surface area contributed by atoms with Crippen LogP contribution in [-0.2, 0) is 9.53 Å². The molecule has 1 saturated heterocycles. The number of ketones is 2. The average molecular weight is 276 g/mol. The van der Waals surface area contributed by atoms with Gasteiger partial charge in [-0.05, 0) is 0 Å². The predicted molar refractivity (Wildman–Crippen MR) is 54.5 cm³/mol. The van der Waals surface area contributed by atoms with E-state index < -0.39 is 46.3 Å². The SMILES string of the molecule is O=C1CCOCC1C(=O)c1c(F)c(F)cc(F)c1F. The topological polar surface area (TPSA) is 43.4 Å². The molecule has 19 heavy (non-hydrogen) atoms. The molecule has 0 radical (unpaired) electrons. The Morgan fingerprint density at radius 2 is 1.74 bits per heavy atom. The van der Waals surface area contributed by atoms with Crippen molar-refractivity contribution < 1.29 is 31.9 Å². The molecule has 1 atom stereocenters. The Bertz CT molecular complexity index is 530. The molecule has 102 valence electrons. The van der Waals surface area contributed by atoms with Gasteiger partial charge in [0.1, 0.15) is 11.7 Å². The third-order valence-electron chi connectivity index (χ3n) is 2.84. The number of benzene rings is 1. The zero-order chi connectivity index (χ0) is 14.2. The van der Waals surface area contributed by atoms with Gasteiger partial charge >= 0.3 is 0 Å². The second-order valence-corrected chi connectivity index (χ2v) is 4.05. The Kier molecular flexibility index (Phi) is 3.66. The highest BCUT2D eigenvalue weighted by Gasteiger charge is 2.35. The Morgan fingerprint density at radius 1 is 1.16 bits per heavy atom. The van der Waals surface area contributed by atoms with E-state index in [1.165, 1.54) is 0 Å². The summed E-state index contributed by atoms with van der Waals surface area (Å²) in [5.74, 6) is -10.3. The first-order valence-electron chi connectivity index (χ1n) is 5.41. The molecule has 0 aromatic heterocycles. The van der Waals surface area contributed by atoms with E-state index >= 15 is 0 Å². The van der Waals surface area contributed by atoms with Crippen LogP contribution in [-0.4, -0.2) is 24.8 Å².